The Morgan fingerprint density at radius 1 is 1.20 bits per heavy atom. The zero-order valence-electron chi connectivity index (χ0n) is 19.8. The van der Waals surface area contributed by atoms with Crippen molar-refractivity contribution in [2.24, 2.45) is 0 Å². The molecule has 3 heterocycles. The normalized spacial score (nSPS) is 22.5. The third-order valence-corrected chi connectivity index (χ3v) is 8.01. The first kappa shape index (κ1) is 23.3. The number of nitrogens with zero attached hydrogens (tertiary/aromatic N) is 3. The van der Waals surface area contributed by atoms with Gasteiger partial charge in [-0.2, -0.15) is 0 Å². The maximum absolute atomic E-state index is 13.3. The predicted molar refractivity (Wildman–Crippen MR) is 134 cm³/mol. The number of para-hydroxylation sites is 2. The maximum atomic E-state index is 13.3. The van der Waals surface area contributed by atoms with Gasteiger partial charge in [-0.05, 0) is 43.5 Å². The zero-order valence-corrected chi connectivity index (χ0v) is 20.6. The van der Waals surface area contributed by atoms with E-state index in [0.29, 0.717) is 18.8 Å². The van der Waals surface area contributed by atoms with Crippen LogP contribution in [0.2, 0.25) is 0 Å². The lowest BCUT2D eigenvalue weighted by Gasteiger charge is -2.32. The van der Waals surface area contributed by atoms with Crippen molar-refractivity contribution in [3.63, 3.8) is 0 Å². The highest BCUT2D eigenvalue weighted by atomic mass is 32.1. The summed E-state index contributed by atoms with van der Waals surface area (Å²) in [4.78, 5) is 46.8. The number of thiazole rings is 1. The summed E-state index contributed by atoms with van der Waals surface area (Å²) >= 11 is 1.67. The van der Waals surface area contributed by atoms with Crippen molar-refractivity contribution in [2.75, 3.05) is 26.7 Å². The van der Waals surface area contributed by atoms with E-state index in [1.807, 2.05) is 42.5 Å². The van der Waals surface area contributed by atoms with Gasteiger partial charge in [-0.25, -0.2) is 9.78 Å². The quantitative estimate of drug-likeness (QED) is 0.531. The number of ether oxygens (including phenoxy) is 1. The van der Waals surface area contributed by atoms with Crippen LogP contribution in [0.15, 0.2) is 48.5 Å². The summed E-state index contributed by atoms with van der Waals surface area (Å²) in [7, 11) is 1.57. The molecule has 0 spiro atoms. The molecule has 0 unspecified atom stereocenters. The molecule has 9 heteroatoms. The molecule has 2 fully saturated rings. The Morgan fingerprint density at radius 2 is 1.97 bits per heavy atom. The van der Waals surface area contributed by atoms with Gasteiger partial charge >= 0.3 is 6.03 Å². The second kappa shape index (κ2) is 9.30. The molecule has 182 valence electrons. The Labute approximate surface area is 207 Å². The van der Waals surface area contributed by atoms with Crippen LogP contribution in [0.1, 0.15) is 36.3 Å². The SMILES string of the molecule is COc1ccccc1C[C@@]1(C)NC(=O)N(CC(=O)N2CCC[C@@H](c3nc4ccccc4s3)C2)C1=O. The first-order valence-electron chi connectivity index (χ1n) is 11.8. The molecule has 0 aliphatic carbocycles. The standard InChI is InChI=1S/C26H28N4O4S/c1-26(14-17-8-3-5-11-20(17)34-2)24(32)30(25(33)28-26)16-22(31)29-13-7-9-18(15-29)23-27-19-10-4-6-12-21(19)35-23/h3-6,8,10-12,18H,7,9,13-16H2,1-2H3,(H,28,33)/t18-,26-/m1/s1. The van der Waals surface area contributed by atoms with Gasteiger partial charge in [0.15, 0.2) is 0 Å². The van der Waals surface area contributed by atoms with E-state index in [4.69, 9.17) is 9.72 Å². The molecule has 35 heavy (non-hydrogen) atoms. The topological polar surface area (TPSA) is 91.8 Å². The Bertz CT molecular complexity index is 1260. The van der Waals surface area contributed by atoms with E-state index in [9.17, 15) is 14.4 Å². The molecule has 2 aromatic carbocycles. The molecular weight excluding hydrogens is 464 g/mol. The summed E-state index contributed by atoms with van der Waals surface area (Å²) < 4.78 is 6.54. The van der Waals surface area contributed by atoms with Crippen LogP contribution in [0.4, 0.5) is 4.79 Å². The number of amides is 4. The Kier molecular flexibility index (Phi) is 6.19. The lowest BCUT2D eigenvalue weighted by atomic mass is 9.92. The summed E-state index contributed by atoms with van der Waals surface area (Å²) in [5, 5.41) is 3.82. The highest BCUT2D eigenvalue weighted by Gasteiger charge is 2.49. The van der Waals surface area contributed by atoms with Gasteiger partial charge in [-0.15, -0.1) is 11.3 Å². The van der Waals surface area contributed by atoms with Crippen molar-refractivity contribution >= 4 is 39.4 Å². The first-order valence-corrected chi connectivity index (χ1v) is 12.6. The molecule has 2 atom stereocenters. The van der Waals surface area contributed by atoms with Crippen LogP contribution >= 0.6 is 11.3 Å². The minimum Gasteiger partial charge on any atom is -0.496 e. The first-order chi connectivity index (χ1) is 16.9. The minimum absolute atomic E-state index is 0.156. The summed E-state index contributed by atoms with van der Waals surface area (Å²) in [5.74, 6) is 0.186. The van der Waals surface area contributed by atoms with Crippen molar-refractivity contribution in [2.45, 2.75) is 37.6 Å². The number of hydrogen-bond acceptors (Lipinski definition) is 6. The summed E-state index contributed by atoms with van der Waals surface area (Å²) in [6, 6.07) is 14.9. The zero-order chi connectivity index (χ0) is 24.6. The fourth-order valence-electron chi connectivity index (χ4n) is 4.95. The molecule has 1 aromatic heterocycles. The fourth-order valence-corrected chi connectivity index (χ4v) is 6.04. The fraction of sp³-hybridized carbons (Fsp3) is 0.385. The highest BCUT2D eigenvalue weighted by Crippen LogP contribution is 2.33. The number of carbonyl (C=O) groups is 3. The van der Waals surface area contributed by atoms with Crippen LogP contribution in [0, 0.1) is 0 Å². The molecule has 1 N–H and O–H groups in total. The minimum atomic E-state index is -1.14. The molecule has 0 bridgehead atoms. The number of nitrogens with one attached hydrogen (secondary N) is 1. The number of benzene rings is 2. The van der Waals surface area contributed by atoms with Gasteiger partial charge in [0.25, 0.3) is 5.91 Å². The van der Waals surface area contributed by atoms with E-state index in [1.54, 1.807) is 30.3 Å². The average molecular weight is 493 g/mol. The number of imide groups is 1. The van der Waals surface area contributed by atoms with Crippen LogP contribution in [0.5, 0.6) is 5.75 Å². The number of likely N-dealkylation sites (tertiary alicyclic amines) is 1. The van der Waals surface area contributed by atoms with Gasteiger partial charge < -0.3 is 15.0 Å². The van der Waals surface area contributed by atoms with Gasteiger partial charge in [-0.1, -0.05) is 30.3 Å². The van der Waals surface area contributed by atoms with E-state index in [0.717, 1.165) is 38.5 Å². The molecule has 3 aromatic rings. The Balaban J connectivity index is 1.26. The summed E-state index contributed by atoms with van der Waals surface area (Å²) in [6.45, 7) is 2.58. The second-order valence-electron chi connectivity index (χ2n) is 9.34. The molecule has 8 nitrogen and oxygen atoms in total. The molecule has 0 saturated carbocycles. The molecular formula is C26H28N4O4S. The van der Waals surface area contributed by atoms with Gasteiger partial charge in [0.1, 0.15) is 17.8 Å². The van der Waals surface area contributed by atoms with E-state index >= 15 is 0 Å². The lowest BCUT2D eigenvalue weighted by molar-refractivity contribution is -0.139. The van der Waals surface area contributed by atoms with Crippen molar-refractivity contribution in [3.05, 3.63) is 59.1 Å². The number of aromatic nitrogens is 1. The molecule has 4 amide bonds. The largest absolute Gasteiger partial charge is 0.496 e. The third kappa shape index (κ3) is 4.48. The number of fused-ring (bicyclic) bond motifs is 1. The summed E-state index contributed by atoms with van der Waals surface area (Å²) in [5.41, 5.74) is 0.649. The number of urea groups is 1. The van der Waals surface area contributed by atoms with E-state index in [2.05, 4.69) is 11.4 Å². The van der Waals surface area contributed by atoms with Crippen LogP contribution < -0.4 is 10.1 Å². The predicted octanol–water partition coefficient (Wildman–Crippen LogP) is 3.56. The highest BCUT2D eigenvalue weighted by molar-refractivity contribution is 7.18. The van der Waals surface area contributed by atoms with Crippen molar-refractivity contribution in [3.8, 4) is 5.75 Å². The second-order valence-corrected chi connectivity index (χ2v) is 10.4. The Hall–Kier alpha value is -3.46. The molecule has 0 radical (unpaired) electrons. The monoisotopic (exact) mass is 492 g/mol. The van der Waals surface area contributed by atoms with Crippen molar-refractivity contribution in [1.29, 1.82) is 0 Å². The van der Waals surface area contributed by atoms with Gasteiger partial charge in [-0.3, -0.25) is 14.5 Å². The molecule has 2 aliphatic heterocycles. The van der Waals surface area contributed by atoms with E-state index in [1.165, 1.54) is 0 Å². The van der Waals surface area contributed by atoms with Crippen molar-refractivity contribution in [1.82, 2.24) is 20.1 Å². The third-order valence-electron chi connectivity index (χ3n) is 6.81. The lowest BCUT2D eigenvalue weighted by Crippen LogP contribution is -2.48. The number of methoxy groups -OCH3 is 1. The number of piperidine rings is 1. The number of hydrogen-bond donors (Lipinski definition) is 1. The average Bonchev–Trinajstić information content (AvgIpc) is 3.39. The summed E-state index contributed by atoms with van der Waals surface area (Å²) in [6.07, 6.45) is 2.09. The maximum Gasteiger partial charge on any atom is 0.325 e. The van der Waals surface area contributed by atoms with Crippen LogP contribution in [0.3, 0.4) is 0 Å². The van der Waals surface area contributed by atoms with E-state index in [-0.39, 0.29) is 24.8 Å². The van der Waals surface area contributed by atoms with Crippen LogP contribution in [0.25, 0.3) is 10.2 Å². The van der Waals surface area contributed by atoms with Gasteiger partial charge in [0.05, 0.1) is 22.3 Å². The van der Waals surface area contributed by atoms with Gasteiger partial charge in [0.2, 0.25) is 5.91 Å². The number of carbonyl (C=O) groups excluding carboxylic acids is 3. The molecule has 2 aliphatic rings. The van der Waals surface area contributed by atoms with E-state index < -0.39 is 17.5 Å². The van der Waals surface area contributed by atoms with Crippen molar-refractivity contribution < 1.29 is 19.1 Å². The number of rotatable bonds is 6. The molecule has 2 saturated heterocycles. The van der Waals surface area contributed by atoms with Crippen LogP contribution in [-0.4, -0.2) is 64.9 Å². The smallest absolute Gasteiger partial charge is 0.325 e. The molecule has 5 rings (SSSR count). The van der Waals surface area contributed by atoms with Crippen LogP contribution in [-0.2, 0) is 16.0 Å². The van der Waals surface area contributed by atoms with Gasteiger partial charge in [0, 0.05) is 25.4 Å². The Morgan fingerprint density at radius 3 is 2.77 bits per heavy atom.